The zero-order valence-corrected chi connectivity index (χ0v) is 16.7. The Labute approximate surface area is 173 Å². The van der Waals surface area contributed by atoms with Crippen molar-refractivity contribution < 1.29 is 22.8 Å². The fourth-order valence-corrected chi connectivity index (χ4v) is 4.48. The minimum Gasteiger partial charge on any atom is -0.339 e. The number of piperidine rings is 1. The smallest absolute Gasteiger partial charge is 0.256 e. The molecule has 2 heterocycles. The quantitative estimate of drug-likeness (QED) is 0.740. The number of rotatable bonds is 2. The Kier molecular flexibility index (Phi) is 5.54. The number of hydrogen-bond donors (Lipinski definition) is 0. The summed E-state index contributed by atoms with van der Waals surface area (Å²) in [5, 5.41) is 0. The Morgan fingerprint density at radius 1 is 0.933 bits per heavy atom. The summed E-state index contributed by atoms with van der Waals surface area (Å²) in [5.41, 5.74) is 1.74. The first kappa shape index (κ1) is 20.4. The lowest BCUT2D eigenvalue weighted by atomic mass is 9.89. The van der Waals surface area contributed by atoms with E-state index in [9.17, 15) is 22.8 Å². The van der Waals surface area contributed by atoms with Crippen LogP contribution in [0.15, 0.2) is 36.4 Å². The fourth-order valence-electron chi connectivity index (χ4n) is 4.48. The van der Waals surface area contributed by atoms with Crippen molar-refractivity contribution >= 4 is 11.8 Å². The molecule has 0 spiro atoms. The van der Waals surface area contributed by atoms with Crippen LogP contribution >= 0.6 is 0 Å². The highest BCUT2D eigenvalue weighted by atomic mass is 19.1. The predicted octanol–water partition coefficient (Wildman–Crippen LogP) is 4.10. The topological polar surface area (TPSA) is 40.6 Å². The second-order valence-electron chi connectivity index (χ2n) is 7.99. The maximum Gasteiger partial charge on any atom is 0.256 e. The number of carbonyl (C=O) groups excluding carboxylic acids is 2. The minimum atomic E-state index is -0.883. The van der Waals surface area contributed by atoms with Crippen LogP contribution in [0.5, 0.6) is 0 Å². The minimum absolute atomic E-state index is 0.0115. The van der Waals surface area contributed by atoms with E-state index in [1.807, 2.05) is 6.92 Å². The average Bonchev–Trinajstić information content (AvgIpc) is 2.74. The van der Waals surface area contributed by atoms with Gasteiger partial charge in [0.25, 0.3) is 5.91 Å². The molecule has 2 aliphatic rings. The van der Waals surface area contributed by atoms with Gasteiger partial charge in [0.1, 0.15) is 17.5 Å². The van der Waals surface area contributed by atoms with Gasteiger partial charge in [-0.1, -0.05) is 6.07 Å². The SMILES string of the molecule is CC1c2cc(F)ccc2CCN1C(=O)C1CCN(C(=O)c2ccc(F)cc2F)CC1. The molecule has 2 aromatic carbocycles. The monoisotopic (exact) mass is 416 g/mol. The lowest BCUT2D eigenvalue weighted by molar-refractivity contribution is -0.139. The highest BCUT2D eigenvalue weighted by Crippen LogP contribution is 2.33. The molecule has 2 amide bonds. The molecule has 1 unspecified atom stereocenters. The zero-order chi connectivity index (χ0) is 21.4. The van der Waals surface area contributed by atoms with Gasteiger partial charge in [0.15, 0.2) is 0 Å². The van der Waals surface area contributed by atoms with Crippen LogP contribution in [0.3, 0.4) is 0 Å². The Morgan fingerprint density at radius 2 is 1.60 bits per heavy atom. The summed E-state index contributed by atoms with van der Waals surface area (Å²) >= 11 is 0. The largest absolute Gasteiger partial charge is 0.339 e. The molecule has 30 heavy (non-hydrogen) atoms. The van der Waals surface area contributed by atoms with E-state index in [1.165, 1.54) is 17.0 Å². The molecule has 2 aromatic rings. The summed E-state index contributed by atoms with van der Waals surface area (Å²) in [6.45, 7) is 3.16. The highest BCUT2D eigenvalue weighted by molar-refractivity contribution is 5.94. The predicted molar refractivity (Wildman–Crippen MR) is 105 cm³/mol. The van der Waals surface area contributed by atoms with Crippen LogP contribution in [0.25, 0.3) is 0 Å². The van der Waals surface area contributed by atoms with Crippen LogP contribution < -0.4 is 0 Å². The van der Waals surface area contributed by atoms with Gasteiger partial charge < -0.3 is 9.80 Å². The third-order valence-electron chi connectivity index (χ3n) is 6.22. The van der Waals surface area contributed by atoms with Crippen LogP contribution in [0.4, 0.5) is 13.2 Å². The molecule has 1 saturated heterocycles. The maximum atomic E-state index is 13.9. The Balaban J connectivity index is 1.40. The van der Waals surface area contributed by atoms with Gasteiger partial charge in [-0.15, -0.1) is 0 Å². The van der Waals surface area contributed by atoms with Crippen molar-refractivity contribution in [1.82, 2.24) is 9.80 Å². The van der Waals surface area contributed by atoms with E-state index in [0.717, 1.165) is 23.3 Å². The zero-order valence-electron chi connectivity index (χ0n) is 16.7. The molecule has 0 aromatic heterocycles. The van der Waals surface area contributed by atoms with Gasteiger partial charge in [-0.3, -0.25) is 9.59 Å². The molecule has 4 nitrogen and oxygen atoms in total. The van der Waals surface area contributed by atoms with Crippen LogP contribution in [0.1, 0.15) is 47.3 Å². The van der Waals surface area contributed by atoms with Gasteiger partial charge >= 0.3 is 0 Å². The van der Waals surface area contributed by atoms with Crippen molar-refractivity contribution in [3.8, 4) is 0 Å². The Hall–Kier alpha value is -2.83. The third-order valence-corrected chi connectivity index (χ3v) is 6.22. The van der Waals surface area contributed by atoms with Crippen molar-refractivity contribution in [3.05, 3.63) is 70.5 Å². The third kappa shape index (κ3) is 3.80. The molecule has 7 heteroatoms. The van der Waals surface area contributed by atoms with Crippen molar-refractivity contribution in [1.29, 1.82) is 0 Å². The maximum absolute atomic E-state index is 13.9. The van der Waals surface area contributed by atoms with E-state index in [2.05, 4.69) is 0 Å². The molecule has 0 saturated carbocycles. The molecule has 0 radical (unpaired) electrons. The van der Waals surface area contributed by atoms with Crippen molar-refractivity contribution in [3.63, 3.8) is 0 Å². The number of benzene rings is 2. The summed E-state index contributed by atoms with van der Waals surface area (Å²) in [6, 6.07) is 7.42. The second-order valence-corrected chi connectivity index (χ2v) is 7.99. The number of hydrogen-bond acceptors (Lipinski definition) is 2. The van der Waals surface area contributed by atoms with Crippen LogP contribution in [-0.4, -0.2) is 41.2 Å². The second kappa shape index (κ2) is 8.13. The van der Waals surface area contributed by atoms with Gasteiger partial charge in [0.2, 0.25) is 5.91 Å². The molecule has 1 fully saturated rings. The molecular formula is C23H23F3N2O2. The summed E-state index contributed by atoms with van der Waals surface area (Å²) in [6.07, 6.45) is 1.64. The Morgan fingerprint density at radius 3 is 2.30 bits per heavy atom. The lowest BCUT2D eigenvalue weighted by Crippen LogP contribution is -2.47. The van der Waals surface area contributed by atoms with Gasteiger partial charge in [-0.25, -0.2) is 13.2 Å². The standard InChI is InChI=1S/C23H23F3N2O2/c1-14-20-12-17(24)3-2-15(20)8-11-28(14)22(29)16-6-9-27(10-7-16)23(30)19-5-4-18(25)13-21(19)26/h2-5,12-14,16H,6-11H2,1H3. The van der Waals surface area contributed by atoms with Crippen LogP contribution in [0.2, 0.25) is 0 Å². The number of amides is 2. The number of likely N-dealkylation sites (tertiary alicyclic amines) is 1. The van der Waals surface area contributed by atoms with Gasteiger partial charge in [0.05, 0.1) is 11.6 Å². The number of carbonyl (C=O) groups is 2. The first-order chi connectivity index (χ1) is 14.3. The van der Waals surface area contributed by atoms with Gasteiger partial charge in [0, 0.05) is 31.6 Å². The molecule has 0 bridgehead atoms. The average molecular weight is 416 g/mol. The first-order valence-electron chi connectivity index (χ1n) is 10.2. The van der Waals surface area contributed by atoms with Crippen LogP contribution in [0, 0.1) is 23.4 Å². The molecular weight excluding hydrogens is 393 g/mol. The van der Waals surface area contributed by atoms with E-state index in [4.69, 9.17) is 0 Å². The van der Waals surface area contributed by atoms with Gasteiger partial charge in [-0.05, 0) is 61.6 Å². The number of halogens is 3. The van der Waals surface area contributed by atoms with Gasteiger partial charge in [-0.2, -0.15) is 0 Å². The summed E-state index contributed by atoms with van der Waals surface area (Å²) in [5.74, 6) is -2.64. The number of nitrogens with zero attached hydrogens (tertiary/aromatic N) is 2. The van der Waals surface area contributed by atoms with Crippen molar-refractivity contribution in [2.24, 2.45) is 5.92 Å². The van der Waals surface area contributed by atoms with E-state index < -0.39 is 17.5 Å². The molecule has 4 rings (SSSR count). The van der Waals surface area contributed by atoms with E-state index in [1.54, 1.807) is 11.0 Å². The molecule has 0 aliphatic carbocycles. The summed E-state index contributed by atoms with van der Waals surface area (Å²) in [7, 11) is 0. The summed E-state index contributed by atoms with van der Waals surface area (Å²) < 4.78 is 40.7. The van der Waals surface area contributed by atoms with Crippen molar-refractivity contribution in [2.75, 3.05) is 19.6 Å². The number of fused-ring (bicyclic) bond motifs is 1. The molecule has 2 aliphatic heterocycles. The normalized spacial score (nSPS) is 19.5. The highest BCUT2D eigenvalue weighted by Gasteiger charge is 2.35. The summed E-state index contributed by atoms with van der Waals surface area (Å²) in [4.78, 5) is 29.0. The first-order valence-corrected chi connectivity index (χ1v) is 10.2. The van der Waals surface area contributed by atoms with Crippen LogP contribution in [-0.2, 0) is 11.2 Å². The van der Waals surface area contributed by atoms with E-state index >= 15 is 0 Å². The lowest BCUT2D eigenvalue weighted by Gasteiger charge is -2.39. The van der Waals surface area contributed by atoms with E-state index in [-0.39, 0.29) is 29.2 Å². The van der Waals surface area contributed by atoms with Crippen molar-refractivity contribution in [2.45, 2.75) is 32.2 Å². The molecule has 158 valence electrons. The fraction of sp³-hybridized carbons (Fsp3) is 0.391. The molecule has 1 atom stereocenters. The Bertz CT molecular complexity index is 986. The van der Waals surface area contributed by atoms with E-state index in [0.29, 0.717) is 45.0 Å². The molecule has 0 N–H and O–H groups in total.